The molecule has 0 unspecified atom stereocenters. The van der Waals surface area contributed by atoms with Gasteiger partial charge in [0.2, 0.25) is 0 Å². The predicted molar refractivity (Wildman–Crippen MR) is 96.8 cm³/mol. The van der Waals surface area contributed by atoms with Crippen LogP contribution < -0.4 is 15.2 Å². The molecule has 24 heavy (non-hydrogen) atoms. The van der Waals surface area contributed by atoms with E-state index < -0.39 is 0 Å². The van der Waals surface area contributed by atoms with Gasteiger partial charge in [-0.1, -0.05) is 0 Å². The first-order valence-corrected chi connectivity index (χ1v) is 8.42. The minimum atomic E-state index is 0.0576. The Morgan fingerprint density at radius 1 is 1.04 bits per heavy atom. The molecule has 1 aromatic carbocycles. The van der Waals surface area contributed by atoms with Crippen molar-refractivity contribution in [2.75, 3.05) is 38.2 Å². The summed E-state index contributed by atoms with van der Waals surface area (Å²) in [5.74, 6) is 0.890. The molecule has 1 aliphatic heterocycles. The fourth-order valence-electron chi connectivity index (χ4n) is 3.13. The van der Waals surface area contributed by atoms with Gasteiger partial charge < -0.3 is 14.2 Å². The summed E-state index contributed by atoms with van der Waals surface area (Å²) in [5.41, 5.74) is 2.39. The number of ether oxygens (including phenoxy) is 1. The molecule has 5 heteroatoms. The predicted octanol–water partition coefficient (Wildman–Crippen LogP) is 2.11. The summed E-state index contributed by atoms with van der Waals surface area (Å²) < 4.78 is 6.84. The Hall–Kier alpha value is -2.27. The van der Waals surface area contributed by atoms with Gasteiger partial charge in [0.1, 0.15) is 5.75 Å². The summed E-state index contributed by atoms with van der Waals surface area (Å²) >= 11 is 0. The zero-order valence-electron chi connectivity index (χ0n) is 14.4. The quantitative estimate of drug-likeness (QED) is 0.862. The topological polar surface area (TPSA) is 37.7 Å². The molecule has 1 fully saturated rings. The van der Waals surface area contributed by atoms with Gasteiger partial charge in [-0.15, -0.1) is 0 Å². The maximum Gasteiger partial charge on any atom is 0.250 e. The molecule has 0 atom stereocenters. The number of pyridine rings is 1. The lowest BCUT2D eigenvalue weighted by atomic mass is 10.2. The molecule has 0 saturated carbocycles. The minimum Gasteiger partial charge on any atom is -0.497 e. The van der Waals surface area contributed by atoms with Gasteiger partial charge in [-0.2, -0.15) is 0 Å². The van der Waals surface area contributed by atoms with Gasteiger partial charge in [-0.25, -0.2) is 0 Å². The van der Waals surface area contributed by atoms with Gasteiger partial charge in [0.15, 0.2) is 0 Å². The largest absolute Gasteiger partial charge is 0.497 e. The number of nitrogens with zero attached hydrogens (tertiary/aromatic N) is 3. The zero-order chi connectivity index (χ0) is 16.9. The van der Waals surface area contributed by atoms with Crippen LogP contribution >= 0.6 is 0 Å². The Kier molecular flexibility index (Phi) is 5.20. The second-order valence-corrected chi connectivity index (χ2v) is 6.30. The Morgan fingerprint density at radius 2 is 1.83 bits per heavy atom. The maximum absolute atomic E-state index is 11.8. The molecule has 0 radical (unpaired) electrons. The number of hydrogen-bond donors (Lipinski definition) is 0. The zero-order valence-corrected chi connectivity index (χ0v) is 14.4. The first kappa shape index (κ1) is 16.6. The van der Waals surface area contributed by atoms with Crippen molar-refractivity contribution in [1.29, 1.82) is 0 Å². The number of methoxy groups -OCH3 is 1. The Labute approximate surface area is 143 Å². The highest BCUT2D eigenvalue weighted by molar-refractivity contribution is 5.49. The summed E-state index contributed by atoms with van der Waals surface area (Å²) in [4.78, 5) is 16.6. The van der Waals surface area contributed by atoms with Crippen LogP contribution in [0.2, 0.25) is 0 Å². The van der Waals surface area contributed by atoms with Crippen LogP contribution in [0.3, 0.4) is 0 Å². The highest BCUT2D eigenvalue weighted by Gasteiger charge is 2.15. The fourth-order valence-corrected chi connectivity index (χ4v) is 3.13. The van der Waals surface area contributed by atoms with Gasteiger partial charge in [0.25, 0.3) is 5.56 Å². The van der Waals surface area contributed by atoms with Crippen molar-refractivity contribution in [2.24, 2.45) is 7.05 Å². The van der Waals surface area contributed by atoms with E-state index in [9.17, 15) is 4.79 Å². The highest BCUT2D eigenvalue weighted by Crippen LogP contribution is 2.20. The molecular formula is C19H25N3O2. The summed E-state index contributed by atoms with van der Waals surface area (Å²) in [6.45, 7) is 4.95. The Balaban J connectivity index is 1.61. The van der Waals surface area contributed by atoms with Gasteiger partial charge in [0.05, 0.1) is 7.11 Å². The van der Waals surface area contributed by atoms with Gasteiger partial charge in [-0.3, -0.25) is 9.69 Å². The molecule has 0 spiro atoms. The molecule has 3 rings (SSSR count). The molecule has 2 aromatic rings. The van der Waals surface area contributed by atoms with Gasteiger partial charge in [-0.05, 0) is 42.3 Å². The van der Waals surface area contributed by atoms with Crippen LogP contribution in [-0.4, -0.2) is 42.8 Å². The number of hydrogen-bond acceptors (Lipinski definition) is 4. The number of anilines is 1. The molecule has 1 aliphatic rings. The summed E-state index contributed by atoms with van der Waals surface area (Å²) in [6, 6.07) is 12.0. The third-order valence-electron chi connectivity index (χ3n) is 4.60. The molecule has 5 nitrogen and oxygen atoms in total. The molecule has 2 heterocycles. The van der Waals surface area contributed by atoms with E-state index in [1.165, 1.54) is 5.69 Å². The van der Waals surface area contributed by atoms with E-state index in [1.807, 2.05) is 24.4 Å². The molecular weight excluding hydrogens is 302 g/mol. The standard InChI is InChI=1S/C19H25N3O2/c1-20-11-8-16(14-19(20)23)15-21-9-3-10-22(13-12-21)17-4-6-18(24-2)7-5-17/h4-8,11,14H,3,9-10,12-13,15H2,1-2H3. The first-order chi connectivity index (χ1) is 11.7. The first-order valence-electron chi connectivity index (χ1n) is 8.42. The van der Waals surface area contributed by atoms with Crippen molar-refractivity contribution in [2.45, 2.75) is 13.0 Å². The van der Waals surface area contributed by atoms with E-state index in [0.717, 1.165) is 50.5 Å². The van der Waals surface area contributed by atoms with E-state index in [-0.39, 0.29) is 5.56 Å². The van der Waals surface area contributed by atoms with E-state index in [4.69, 9.17) is 4.74 Å². The van der Waals surface area contributed by atoms with E-state index in [1.54, 1.807) is 24.8 Å². The number of benzene rings is 1. The van der Waals surface area contributed by atoms with Gasteiger partial charge in [0, 0.05) is 57.7 Å². The van der Waals surface area contributed by atoms with Crippen molar-refractivity contribution < 1.29 is 4.74 Å². The van der Waals surface area contributed by atoms with E-state index >= 15 is 0 Å². The number of aromatic nitrogens is 1. The molecule has 0 aliphatic carbocycles. The Bertz CT molecular complexity index is 724. The van der Waals surface area contributed by atoms with Gasteiger partial charge >= 0.3 is 0 Å². The molecule has 0 bridgehead atoms. The second-order valence-electron chi connectivity index (χ2n) is 6.30. The third-order valence-corrected chi connectivity index (χ3v) is 4.60. The normalized spacial score (nSPS) is 16.0. The van der Waals surface area contributed by atoms with Crippen LogP contribution in [0.4, 0.5) is 5.69 Å². The van der Waals surface area contributed by atoms with Crippen molar-refractivity contribution >= 4 is 5.69 Å². The highest BCUT2D eigenvalue weighted by atomic mass is 16.5. The summed E-state index contributed by atoms with van der Waals surface area (Å²) in [5, 5.41) is 0. The number of rotatable bonds is 4. The van der Waals surface area contributed by atoms with Crippen molar-refractivity contribution in [3.63, 3.8) is 0 Å². The average Bonchev–Trinajstić information content (AvgIpc) is 2.84. The van der Waals surface area contributed by atoms with E-state index in [2.05, 4.69) is 21.9 Å². The second kappa shape index (κ2) is 7.53. The number of aryl methyl sites for hydroxylation is 1. The van der Waals surface area contributed by atoms with Crippen LogP contribution in [0.5, 0.6) is 5.75 Å². The van der Waals surface area contributed by atoms with Crippen LogP contribution in [-0.2, 0) is 13.6 Å². The molecule has 0 amide bonds. The SMILES string of the molecule is COc1ccc(N2CCCN(Cc3ccn(C)c(=O)c3)CC2)cc1. The minimum absolute atomic E-state index is 0.0576. The van der Waals surface area contributed by atoms with Crippen molar-refractivity contribution in [3.8, 4) is 5.75 Å². The molecule has 1 saturated heterocycles. The summed E-state index contributed by atoms with van der Waals surface area (Å²) in [6.07, 6.45) is 2.97. The lowest BCUT2D eigenvalue weighted by molar-refractivity contribution is 0.285. The molecule has 0 N–H and O–H groups in total. The molecule has 128 valence electrons. The third kappa shape index (κ3) is 3.97. The van der Waals surface area contributed by atoms with Crippen LogP contribution in [0.1, 0.15) is 12.0 Å². The smallest absolute Gasteiger partial charge is 0.250 e. The lowest BCUT2D eigenvalue weighted by Gasteiger charge is -2.24. The van der Waals surface area contributed by atoms with Crippen LogP contribution in [0, 0.1) is 0 Å². The van der Waals surface area contributed by atoms with Crippen molar-refractivity contribution in [1.82, 2.24) is 9.47 Å². The monoisotopic (exact) mass is 327 g/mol. The van der Waals surface area contributed by atoms with Crippen molar-refractivity contribution in [3.05, 3.63) is 58.5 Å². The van der Waals surface area contributed by atoms with Crippen LogP contribution in [0.15, 0.2) is 47.4 Å². The lowest BCUT2D eigenvalue weighted by Crippen LogP contribution is -2.30. The average molecular weight is 327 g/mol. The van der Waals surface area contributed by atoms with Crippen LogP contribution in [0.25, 0.3) is 0 Å². The summed E-state index contributed by atoms with van der Waals surface area (Å²) in [7, 11) is 3.47. The van der Waals surface area contributed by atoms with E-state index in [0.29, 0.717) is 0 Å². The Morgan fingerprint density at radius 3 is 2.54 bits per heavy atom. The maximum atomic E-state index is 11.8. The molecule has 1 aromatic heterocycles. The fraction of sp³-hybridized carbons (Fsp3) is 0.421.